The topological polar surface area (TPSA) is 20.2 Å². The third-order valence-corrected chi connectivity index (χ3v) is 5.16. The maximum atomic E-state index is 9.78. The van der Waals surface area contributed by atoms with Crippen molar-refractivity contribution in [3.63, 3.8) is 0 Å². The Morgan fingerprint density at radius 3 is 2.05 bits per heavy atom. The first-order valence-electron chi connectivity index (χ1n) is 8.33. The van der Waals surface area contributed by atoms with E-state index in [0.717, 1.165) is 5.56 Å². The van der Waals surface area contributed by atoms with Crippen molar-refractivity contribution in [2.24, 2.45) is 23.2 Å². The van der Waals surface area contributed by atoms with Gasteiger partial charge in [0.05, 0.1) is 0 Å². The number of aryl methyl sites for hydroxylation is 1. The van der Waals surface area contributed by atoms with Crippen LogP contribution in [0, 0.1) is 30.1 Å². The molecule has 0 aromatic heterocycles. The number of aromatic hydroxyl groups is 1. The van der Waals surface area contributed by atoms with Gasteiger partial charge < -0.3 is 5.11 Å². The quantitative estimate of drug-likeness (QED) is 0.689. The van der Waals surface area contributed by atoms with E-state index in [0.29, 0.717) is 34.8 Å². The fraction of sp³-hybridized carbons (Fsp3) is 0.700. The minimum atomic E-state index is 0.320. The van der Waals surface area contributed by atoms with Gasteiger partial charge in [-0.25, -0.2) is 0 Å². The van der Waals surface area contributed by atoms with Crippen LogP contribution in [0.1, 0.15) is 71.9 Å². The van der Waals surface area contributed by atoms with E-state index in [2.05, 4.69) is 60.6 Å². The minimum Gasteiger partial charge on any atom is -0.508 e. The van der Waals surface area contributed by atoms with E-state index in [1.807, 2.05) is 13.0 Å². The Balaban J connectivity index is 3.13. The van der Waals surface area contributed by atoms with E-state index in [4.69, 9.17) is 0 Å². The average molecular weight is 290 g/mol. The molecule has 1 aromatic carbocycles. The number of hydrogen-bond acceptors (Lipinski definition) is 1. The van der Waals surface area contributed by atoms with Crippen LogP contribution < -0.4 is 0 Å². The molecule has 0 saturated heterocycles. The number of hydrogen-bond donors (Lipinski definition) is 1. The summed E-state index contributed by atoms with van der Waals surface area (Å²) < 4.78 is 0. The largest absolute Gasteiger partial charge is 0.508 e. The molecule has 21 heavy (non-hydrogen) atoms. The summed E-state index contributed by atoms with van der Waals surface area (Å²) in [6.45, 7) is 18.4. The molecule has 120 valence electrons. The molecule has 0 amide bonds. The molecule has 0 aliphatic heterocycles. The fourth-order valence-electron chi connectivity index (χ4n) is 3.21. The molecule has 1 nitrogen and oxygen atoms in total. The van der Waals surface area contributed by atoms with Crippen LogP contribution in [0.4, 0.5) is 0 Å². The molecule has 1 rings (SSSR count). The van der Waals surface area contributed by atoms with Crippen molar-refractivity contribution in [1.29, 1.82) is 0 Å². The highest BCUT2D eigenvalue weighted by Gasteiger charge is 2.31. The average Bonchev–Trinajstić information content (AvgIpc) is 2.36. The van der Waals surface area contributed by atoms with Gasteiger partial charge in [-0.1, -0.05) is 60.6 Å². The van der Waals surface area contributed by atoms with Gasteiger partial charge in [0.1, 0.15) is 5.75 Å². The molecule has 0 saturated carbocycles. The molecule has 0 spiro atoms. The van der Waals surface area contributed by atoms with Gasteiger partial charge >= 0.3 is 0 Å². The summed E-state index contributed by atoms with van der Waals surface area (Å²) >= 11 is 0. The van der Waals surface area contributed by atoms with Crippen molar-refractivity contribution in [3.8, 4) is 5.75 Å². The van der Waals surface area contributed by atoms with Crippen LogP contribution in [-0.2, 0) is 0 Å². The summed E-state index contributed by atoms with van der Waals surface area (Å²) in [5.74, 6) is 2.91. The lowest BCUT2D eigenvalue weighted by molar-refractivity contribution is 0.157. The second kappa shape index (κ2) is 6.85. The van der Waals surface area contributed by atoms with Gasteiger partial charge in [-0.05, 0) is 59.6 Å². The summed E-state index contributed by atoms with van der Waals surface area (Å²) in [5, 5.41) is 9.78. The first kappa shape index (κ1) is 18.1. The molecule has 0 aliphatic rings. The second-order valence-corrected chi connectivity index (χ2v) is 8.30. The SMILES string of the molecule is Cc1cc(C(CC(C)C)C(C)C(C)C(C)(C)C)ccc1O. The van der Waals surface area contributed by atoms with Gasteiger partial charge in [0.2, 0.25) is 0 Å². The zero-order valence-electron chi connectivity index (χ0n) is 15.2. The highest BCUT2D eigenvalue weighted by molar-refractivity contribution is 5.36. The molecular formula is C20H34O. The smallest absolute Gasteiger partial charge is 0.118 e. The number of benzene rings is 1. The maximum absolute atomic E-state index is 9.78. The van der Waals surface area contributed by atoms with E-state index >= 15 is 0 Å². The maximum Gasteiger partial charge on any atom is 0.118 e. The molecule has 0 radical (unpaired) electrons. The third-order valence-electron chi connectivity index (χ3n) is 5.16. The lowest BCUT2D eigenvalue weighted by atomic mass is 9.67. The van der Waals surface area contributed by atoms with Crippen molar-refractivity contribution in [3.05, 3.63) is 29.3 Å². The van der Waals surface area contributed by atoms with Crippen LogP contribution >= 0.6 is 0 Å². The second-order valence-electron chi connectivity index (χ2n) is 8.30. The predicted octanol–water partition coefficient (Wildman–Crippen LogP) is 6.15. The van der Waals surface area contributed by atoms with E-state index in [9.17, 15) is 5.11 Å². The zero-order valence-corrected chi connectivity index (χ0v) is 15.2. The highest BCUT2D eigenvalue weighted by atomic mass is 16.3. The Labute approximate surface area is 131 Å². The fourth-order valence-corrected chi connectivity index (χ4v) is 3.21. The number of phenols is 1. The molecular weight excluding hydrogens is 256 g/mol. The van der Waals surface area contributed by atoms with Gasteiger partial charge in [0.25, 0.3) is 0 Å². The molecule has 0 bridgehead atoms. The van der Waals surface area contributed by atoms with E-state index < -0.39 is 0 Å². The van der Waals surface area contributed by atoms with Crippen LogP contribution in [0.25, 0.3) is 0 Å². The molecule has 0 fully saturated rings. The Kier molecular flexibility index (Phi) is 5.90. The van der Waals surface area contributed by atoms with Crippen LogP contribution in [0.3, 0.4) is 0 Å². The summed E-state index contributed by atoms with van der Waals surface area (Å²) in [4.78, 5) is 0. The molecule has 0 aliphatic carbocycles. The van der Waals surface area contributed by atoms with Crippen molar-refractivity contribution < 1.29 is 5.11 Å². The molecule has 1 N–H and O–H groups in total. The van der Waals surface area contributed by atoms with E-state index in [-0.39, 0.29) is 0 Å². The van der Waals surface area contributed by atoms with Crippen molar-refractivity contribution in [2.75, 3.05) is 0 Å². The van der Waals surface area contributed by atoms with E-state index in [1.165, 1.54) is 12.0 Å². The van der Waals surface area contributed by atoms with Crippen LogP contribution in [-0.4, -0.2) is 5.11 Å². The summed E-state index contributed by atoms with van der Waals surface area (Å²) in [7, 11) is 0. The van der Waals surface area contributed by atoms with Gasteiger partial charge in [-0.15, -0.1) is 0 Å². The zero-order chi connectivity index (χ0) is 16.4. The molecule has 3 atom stereocenters. The van der Waals surface area contributed by atoms with Crippen LogP contribution in [0.5, 0.6) is 5.75 Å². The van der Waals surface area contributed by atoms with Gasteiger partial charge in [-0.3, -0.25) is 0 Å². The minimum absolute atomic E-state index is 0.320. The standard InChI is InChI=1S/C20H34O/c1-13(2)11-18(15(4)16(5)20(6,7)8)17-9-10-19(21)14(3)12-17/h9-10,12-13,15-16,18,21H,11H2,1-8H3. The van der Waals surface area contributed by atoms with Gasteiger partial charge in [-0.2, -0.15) is 0 Å². The van der Waals surface area contributed by atoms with E-state index in [1.54, 1.807) is 0 Å². The van der Waals surface area contributed by atoms with Gasteiger partial charge in [0, 0.05) is 0 Å². The van der Waals surface area contributed by atoms with Crippen LogP contribution in [0.2, 0.25) is 0 Å². The molecule has 3 unspecified atom stereocenters. The summed E-state index contributed by atoms with van der Waals surface area (Å²) in [6.07, 6.45) is 1.20. The van der Waals surface area contributed by atoms with Crippen molar-refractivity contribution in [1.82, 2.24) is 0 Å². The lowest BCUT2D eigenvalue weighted by Crippen LogP contribution is -2.28. The molecule has 1 aromatic rings. The Hall–Kier alpha value is -0.980. The highest BCUT2D eigenvalue weighted by Crippen LogP contribution is 2.42. The monoisotopic (exact) mass is 290 g/mol. The predicted molar refractivity (Wildman–Crippen MR) is 92.8 cm³/mol. The molecule has 1 heteroatoms. The normalized spacial score (nSPS) is 16.8. The molecule has 0 heterocycles. The first-order chi connectivity index (χ1) is 9.54. The van der Waals surface area contributed by atoms with Crippen LogP contribution in [0.15, 0.2) is 18.2 Å². The number of rotatable bonds is 5. The van der Waals surface area contributed by atoms with Gasteiger partial charge in [0.15, 0.2) is 0 Å². The van der Waals surface area contributed by atoms with Crippen molar-refractivity contribution in [2.45, 2.75) is 67.7 Å². The van der Waals surface area contributed by atoms with Crippen molar-refractivity contribution >= 4 is 0 Å². The lowest BCUT2D eigenvalue weighted by Gasteiger charge is -2.38. The Morgan fingerprint density at radius 2 is 1.62 bits per heavy atom. The summed E-state index contributed by atoms with van der Waals surface area (Å²) in [5.41, 5.74) is 2.68. The Bertz CT molecular complexity index is 453. The first-order valence-corrected chi connectivity index (χ1v) is 8.33. The number of phenolic OH excluding ortho intramolecular Hbond substituents is 1. The Morgan fingerprint density at radius 1 is 1.05 bits per heavy atom. The third kappa shape index (κ3) is 4.76. The summed E-state index contributed by atoms with van der Waals surface area (Å²) in [6, 6.07) is 6.14.